The Morgan fingerprint density at radius 2 is 1.56 bits per heavy atom. The molecule has 2 fully saturated rings. The standard InChI is InChI=1S/C40H47N5O3/c1-26-14-16-32(17-15-26)45-37(25-36(43-45)40(3,4)5)42-39(48)41-31-13-9-10-28(22-31)21-29-23-33-18-19-34(24-29)44(33)38(47)35(20-27(2)46)30-11-7-6-8-12-30/h6-17,22,25,29,33-35H,18-21,23-24H2,1-5H3,(H2,41,42,48). The normalized spacial score (nSPS) is 19.5. The second-order valence-electron chi connectivity index (χ2n) is 14.7. The van der Waals surface area contributed by atoms with Crippen LogP contribution in [0.15, 0.2) is 84.9 Å². The number of benzene rings is 3. The van der Waals surface area contributed by atoms with Crippen molar-refractivity contribution in [1.82, 2.24) is 14.7 Å². The summed E-state index contributed by atoms with van der Waals surface area (Å²) < 4.78 is 1.78. The number of amides is 3. The molecule has 2 aliphatic heterocycles. The molecular formula is C40H47N5O3. The summed E-state index contributed by atoms with van der Waals surface area (Å²) in [7, 11) is 0. The molecule has 3 atom stereocenters. The molecule has 2 saturated heterocycles. The third kappa shape index (κ3) is 7.53. The second kappa shape index (κ2) is 13.8. The van der Waals surface area contributed by atoms with Gasteiger partial charge in [-0.2, -0.15) is 5.10 Å². The number of hydrogen-bond acceptors (Lipinski definition) is 4. The predicted octanol–water partition coefficient (Wildman–Crippen LogP) is 8.20. The lowest BCUT2D eigenvalue weighted by Crippen LogP contribution is -2.49. The zero-order valence-corrected chi connectivity index (χ0v) is 28.7. The van der Waals surface area contributed by atoms with Crippen molar-refractivity contribution in [3.05, 3.63) is 107 Å². The Morgan fingerprint density at radius 1 is 0.875 bits per heavy atom. The molecule has 3 unspecified atom stereocenters. The minimum Gasteiger partial charge on any atom is -0.336 e. The number of aromatic nitrogens is 2. The number of piperidine rings is 1. The van der Waals surface area contributed by atoms with Gasteiger partial charge in [-0.3, -0.25) is 14.9 Å². The predicted molar refractivity (Wildman–Crippen MR) is 191 cm³/mol. The minimum absolute atomic E-state index is 0.0353. The summed E-state index contributed by atoms with van der Waals surface area (Å²) in [6, 6.07) is 27.9. The van der Waals surface area contributed by atoms with Gasteiger partial charge in [-0.25, -0.2) is 9.48 Å². The van der Waals surface area contributed by atoms with Crippen molar-refractivity contribution in [2.45, 2.75) is 96.6 Å². The minimum atomic E-state index is -0.423. The number of Topliss-reactive ketones (excluding diaryl/α,β-unsaturated/α-hetero) is 1. The van der Waals surface area contributed by atoms with Crippen molar-refractivity contribution in [1.29, 1.82) is 0 Å². The number of nitrogens with one attached hydrogen (secondary N) is 2. The quantitative estimate of drug-likeness (QED) is 0.192. The van der Waals surface area contributed by atoms with Gasteiger partial charge in [0.05, 0.1) is 17.3 Å². The molecule has 0 spiro atoms. The van der Waals surface area contributed by atoms with E-state index in [4.69, 9.17) is 5.10 Å². The monoisotopic (exact) mass is 645 g/mol. The number of fused-ring (bicyclic) bond motifs is 2. The highest BCUT2D eigenvalue weighted by atomic mass is 16.2. The van der Waals surface area contributed by atoms with Crippen LogP contribution in [0.4, 0.5) is 16.3 Å². The van der Waals surface area contributed by atoms with Crippen LogP contribution in [0.5, 0.6) is 0 Å². The number of carbonyl (C=O) groups is 3. The molecule has 8 heteroatoms. The molecule has 3 amide bonds. The van der Waals surface area contributed by atoms with Gasteiger partial charge in [0.25, 0.3) is 0 Å². The van der Waals surface area contributed by atoms with Gasteiger partial charge in [-0.05, 0) is 87.3 Å². The van der Waals surface area contributed by atoms with Gasteiger partial charge in [-0.15, -0.1) is 0 Å². The number of urea groups is 1. The van der Waals surface area contributed by atoms with Gasteiger partial charge in [0, 0.05) is 35.7 Å². The fraction of sp³-hybridized carbons (Fsp3) is 0.400. The van der Waals surface area contributed by atoms with E-state index in [0.717, 1.165) is 65.9 Å². The Labute approximate surface area is 283 Å². The lowest BCUT2D eigenvalue weighted by Gasteiger charge is -2.41. The smallest absolute Gasteiger partial charge is 0.324 e. The van der Waals surface area contributed by atoms with Crippen LogP contribution in [-0.2, 0) is 21.4 Å². The van der Waals surface area contributed by atoms with Crippen molar-refractivity contribution in [2.24, 2.45) is 5.92 Å². The zero-order valence-electron chi connectivity index (χ0n) is 28.7. The van der Waals surface area contributed by atoms with E-state index in [9.17, 15) is 14.4 Å². The van der Waals surface area contributed by atoms with Gasteiger partial charge in [0.15, 0.2) is 0 Å². The molecule has 48 heavy (non-hydrogen) atoms. The van der Waals surface area contributed by atoms with Gasteiger partial charge in [0.1, 0.15) is 11.6 Å². The van der Waals surface area contributed by atoms with E-state index < -0.39 is 5.92 Å². The maximum atomic E-state index is 13.9. The number of nitrogens with zero attached hydrogens (tertiary/aromatic N) is 3. The topological polar surface area (TPSA) is 96.3 Å². The Hall–Kier alpha value is -4.72. The Kier molecular flexibility index (Phi) is 9.54. The average molecular weight is 646 g/mol. The van der Waals surface area contributed by atoms with Crippen LogP contribution in [0.2, 0.25) is 0 Å². The molecule has 4 aromatic rings. The molecule has 0 aliphatic carbocycles. The van der Waals surface area contributed by atoms with Crippen LogP contribution in [0.3, 0.4) is 0 Å². The summed E-state index contributed by atoms with van der Waals surface area (Å²) in [5.74, 6) is 0.754. The maximum Gasteiger partial charge on any atom is 0.324 e. The number of carbonyl (C=O) groups excluding carboxylic acids is 3. The number of ketones is 1. The lowest BCUT2D eigenvalue weighted by molar-refractivity contribution is -0.139. The SMILES string of the molecule is CC(=O)CC(C(=O)N1C2CCC1CC(Cc1cccc(NC(=O)Nc3cc(C(C)(C)C)nn3-c3ccc(C)cc3)c1)C2)c1ccccc1. The summed E-state index contributed by atoms with van der Waals surface area (Å²) in [5, 5.41) is 10.9. The number of hydrogen-bond donors (Lipinski definition) is 2. The van der Waals surface area contributed by atoms with E-state index >= 15 is 0 Å². The fourth-order valence-electron chi connectivity index (χ4n) is 7.42. The molecule has 2 N–H and O–H groups in total. The average Bonchev–Trinajstić information content (AvgIpc) is 3.58. The number of rotatable bonds is 9. The van der Waals surface area contributed by atoms with E-state index in [1.807, 2.05) is 79.7 Å². The molecule has 2 bridgehead atoms. The van der Waals surface area contributed by atoms with E-state index in [0.29, 0.717) is 11.7 Å². The summed E-state index contributed by atoms with van der Waals surface area (Å²) >= 11 is 0. The van der Waals surface area contributed by atoms with Gasteiger partial charge in [0.2, 0.25) is 5.91 Å². The van der Waals surface area contributed by atoms with Crippen molar-refractivity contribution in [2.75, 3.05) is 10.6 Å². The molecule has 8 nitrogen and oxygen atoms in total. The van der Waals surface area contributed by atoms with Crippen LogP contribution in [0.1, 0.15) is 88.1 Å². The molecular weight excluding hydrogens is 598 g/mol. The molecule has 6 rings (SSSR count). The first kappa shape index (κ1) is 33.2. The van der Waals surface area contributed by atoms with Crippen molar-refractivity contribution in [3.63, 3.8) is 0 Å². The largest absolute Gasteiger partial charge is 0.336 e. The molecule has 2 aliphatic rings. The van der Waals surface area contributed by atoms with Crippen LogP contribution in [0.25, 0.3) is 5.69 Å². The van der Waals surface area contributed by atoms with Crippen molar-refractivity contribution in [3.8, 4) is 5.69 Å². The molecule has 250 valence electrons. The molecule has 3 aromatic carbocycles. The zero-order chi connectivity index (χ0) is 34.0. The van der Waals surface area contributed by atoms with Crippen LogP contribution < -0.4 is 10.6 Å². The van der Waals surface area contributed by atoms with Gasteiger partial charge >= 0.3 is 6.03 Å². The van der Waals surface area contributed by atoms with Crippen LogP contribution in [-0.4, -0.2) is 44.5 Å². The molecule has 0 saturated carbocycles. The number of anilines is 2. The lowest BCUT2D eigenvalue weighted by atomic mass is 9.84. The first-order valence-corrected chi connectivity index (χ1v) is 17.2. The Bertz CT molecular complexity index is 1760. The maximum absolute atomic E-state index is 13.9. The van der Waals surface area contributed by atoms with Crippen LogP contribution in [0, 0.1) is 12.8 Å². The van der Waals surface area contributed by atoms with Crippen LogP contribution >= 0.6 is 0 Å². The first-order chi connectivity index (χ1) is 22.9. The second-order valence-corrected chi connectivity index (χ2v) is 14.7. The van der Waals surface area contributed by atoms with Gasteiger partial charge < -0.3 is 10.2 Å². The highest BCUT2D eigenvalue weighted by Gasteiger charge is 2.45. The van der Waals surface area contributed by atoms with E-state index in [1.165, 1.54) is 0 Å². The first-order valence-electron chi connectivity index (χ1n) is 17.2. The van der Waals surface area contributed by atoms with E-state index in [-0.39, 0.29) is 41.6 Å². The Morgan fingerprint density at radius 3 is 2.21 bits per heavy atom. The highest BCUT2D eigenvalue weighted by Crippen LogP contribution is 2.42. The van der Waals surface area contributed by atoms with Crippen molar-refractivity contribution < 1.29 is 14.4 Å². The molecule has 0 radical (unpaired) electrons. The number of aryl methyl sites for hydroxylation is 1. The van der Waals surface area contributed by atoms with Crippen molar-refractivity contribution >= 4 is 29.2 Å². The van der Waals surface area contributed by atoms with Gasteiger partial charge in [-0.1, -0.05) is 80.9 Å². The fourth-order valence-corrected chi connectivity index (χ4v) is 7.42. The summed E-state index contributed by atoms with van der Waals surface area (Å²) in [6.45, 7) is 9.93. The molecule has 1 aromatic heterocycles. The highest BCUT2D eigenvalue weighted by molar-refractivity contribution is 5.99. The summed E-state index contributed by atoms with van der Waals surface area (Å²) in [4.78, 5) is 41.5. The molecule has 3 heterocycles. The third-order valence-corrected chi connectivity index (χ3v) is 9.78. The van der Waals surface area contributed by atoms with E-state index in [1.54, 1.807) is 11.6 Å². The Balaban J connectivity index is 1.11. The van der Waals surface area contributed by atoms with E-state index in [2.05, 4.69) is 48.4 Å². The summed E-state index contributed by atoms with van der Waals surface area (Å²) in [5.41, 5.74) is 5.55. The summed E-state index contributed by atoms with van der Waals surface area (Å²) in [6.07, 6.45) is 5.03. The third-order valence-electron chi connectivity index (χ3n) is 9.78.